The van der Waals surface area contributed by atoms with Gasteiger partial charge in [0.15, 0.2) is 11.5 Å². The fourth-order valence-corrected chi connectivity index (χ4v) is 3.55. The van der Waals surface area contributed by atoms with E-state index in [2.05, 4.69) is 30.4 Å². The lowest BCUT2D eigenvalue weighted by Crippen LogP contribution is -2.38. The van der Waals surface area contributed by atoms with Crippen LogP contribution in [0.2, 0.25) is 0 Å². The van der Waals surface area contributed by atoms with E-state index in [-0.39, 0.29) is 29.0 Å². The van der Waals surface area contributed by atoms with Gasteiger partial charge in [-0.3, -0.25) is 9.48 Å². The Kier molecular flexibility index (Phi) is 5.44. The van der Waals surface area contributed by atoms with Crippen LogP contribution in [0, 0.1) is 5.92 Å². The van der Waals surface area contributed by atoms with Crippen molar-refractivity contribution in [2.75, 3.05) is 30.4 Å². The predicted octanol–water partition coefficient (Wildman–Crippen LogP) is 1.52. The normalized spacial score (nSPS) is 15.2. The maximum Gasteiger partial charge on any atom is 0.453 e. The molecular formula is C18H19F3N8O3. The Bertz CT molecular complexity index is 1160. The monoisotopic (exact) mass is 452 g/mol. The summed E-state index contributed by atoms with van der Waals surface area (Å²) in [4.78, 5) is 26.1. The molecule has 170 valence electrons. The molecule has 11 nitrogen and oxygen atoms in total. The van der Waals surface area contributed by atoms with E-state index in [4.69, 9.17) is 0 Å². The van der Waals surface area contributed by atoms with Gasteiger partial charge in [0.1, 0.15) is 11.5 Å². The summed E-state index contributed by atoms with van der Waals surface area (Å²) < 4.78 is 45.9. The summed E-state index contributed by atoms with van der Waals surface area (Å²) in [6, 6.07) is 4.42. The average molecular weight is 452 g/mol. The van der Waals surface area contributed by atoms with Gasteiger partial charge in [0.2, 0.25) is 5.91 Å². The van der Waals surface area contributed by atoms with Gasteiger partial charge in [0.25, 0.3) is 5.82 Å². The first-order chi connectivity index (χ1) is 15.2. The highest BCUT2D eigenvalue weighted by Gasteiger charge is 2.38. The number of carbonyl (C=O) groups excluding carboxylic acids is 2. The van der Waals surface area contributed by atoms with E-state index in [1.165, 1.54) is 23.9 Å². The van der Waals surface area contributed by atoms with Crippen molar-refractivity contribution in [3.8, 4) is 0 Å². The van der Waals surface area contributed by atoms with Crippen LogP contribution in [-0.4, -0.2) is 61.7 Å². The van der Waals surface area contributed by atoms with Gasteiger partial charge in [-0.05, 0) is 25.0 Å². The molecule has 3 aromatic rings. The third-order valence-corrected chi connectivity index (χ3v) is 5.22. The fourth-order valence-electron chi connectivity index (χ4n) is 3.55. The molecule has 0 aliphatic carbocycles. The Balaban J connectivity index is 1.41. The minimum atomic E-state index is -4.67. The number of carbonyl (C=O) groups is 2. The summed E-state index contributed by atoms with van der Waals surface area (Å²) >= 11 is 0. The van der Waals surface area contributed by atoms with Crippen LogP contribution in [0.15, 0.2) is 18.2 Å². The van der Waals surface area contributed by atoms with Gasteiger partial charge >= 0.3 is 12.1 Å². The van der Waals surface area contributed by atoms with Gasteiger partial charge in [0.05, 0.1) is 7.11 Å². The van der Waals surface area contributed by atoms with Crippen LogP contribution in [-0.2, 0) is 22.8 Å². The molecule has 0 aromatic carbocycles. The lowest BCUT2D eigenvalue weighted by molar-refractivity contribution is -0.146. The van der Waals surface area contributed by atoms with Crippen molar-refractivity contribution in [3.63, 3.8) is 0 Å². The molecule has 1 saturated heterocycles. The molecule has 0 radical (unpaired) electrons. The number of methoxy groups -OCH3 is 1. The largest absolute Gasteiger partial charge is 0.464 e. The van der Waals surface area contributed by atoms with Crippen LogP contribution in [0.4, 0.5) is 24.8 Å². The molecule has 0 atom stereocenters. The molecule has 3 aromatic heterocycles. The summed E-state index contributed by atoms with van der Waals surface area (Å²) in [5.41, 5.74) is 0.198. The molecule has 1 fully saturated rings. The molecule has 1 N–H and O–H groups in total. The van der Waals surface area contributed by atoms with Crippen molar-refractivity contribution in [3.05, 3.63) is 29.7 Å². The van der Waals surface area contributed by atoms with Gasteiger partial charge < -0.3 is 15.0 Å². The zero-order chi connectivity index (χ0) is 23.0. The number of aromatic nitrogens is 6. The molecule has 1 aliphatic rings. The Morgan fingerprint density at radius 2 is 1.88 bits per heavy atom. The van der Waals surface area contributed by atoms with Crippen LogP contribution < -0.4 is 10.2 Å². The van der Waals surface area contributed by atoms with Crippen LogP contribution in [0.25, 0.3) is 5.65 Å². The highest BCUT2D eigenvalue weighted by molar-refractivity contribution is 5.94. The number of fused-ring (bicyclic) bond motifs is 1. The topological polar surface area (TPSA) is 120 Å². The Hall–Kier alpha value is -3.71. The number of halogens is 3. The number of hydrogen-bond acceptors (Lipinski definition) is 8. The van der Waals surface area contributed by atoms with Crippen molar-refractivity contribution < 1.29 is 27.5 Å². The minimum absolute atomic E-state index is 0.00276. The van der Waals surface area contributed by atoms with E-state index >= 15 is 0 Å². The number of esters is 1. The molecule has 4 rings (SSSR count). The maximum absolute atomic E-state index is 13.1. The molecule has 0 saturated carbocycles. The van der Waals surface area contributed by atoms with Crippen molar-refractivity contribution >= 4 is 29.2 Å². The number of anilines is 2. The molecule has 1 aliphatic heterocycles. The average Bonchev–Trinajstić information content (AvgIpc) is 3.36. The van der Waals surface area contributed by atoms with Gasteiger partial charge in [-0.1, -0.05) is 0 Å². The van der Waals surface area contributed by atoms with Gasteiger partial charge in [-0.15, -0.1) is 15.3 Å². The number of ether oxygens (including phenoxy) is 1. The van der Waals surface area contributed by atoms with E-state index in [1.807, 2.05) is 0 Å². The van der Waals surface area contributed by atoms with E-state index in [0.29, 0.717) is 36.3 Å². The molecule has 0 spiro atoms. The van der Waals surface area contributed by atoms with E-state index in [1.54, 1.807) is 18.0 Å². The number of hydrogen-bond donors (Lipinski definition) is 1. The van der Waals surface area contributed by atoms with Crippen molar-refractivity contribution in [2.24, 2.45) is 13.0 Å². The van der Waals surface area contributed by atoms with Gasteiger partial charge in [0, 0.05) is 32.1 Å². The summed E-state index contributed by atoms with van der Waals surface area (Å²) in [6.07, 6.45) is -3.73. The molecule has 4 heterocycles. The third kappa shape index (κ3) is 4.07. The number of aryl methyl sites for hydroxylation is 1. The second-order valence-electron chi connectivity index (χ2n) is 7.26. The van der Waals surface area contributed by atoms with Gasteiger partial charge in [-0.25, -0.2) is 4.79 Å². The van der Waals surface area contributed by atoms with E-state index < -0.39 is 18.0 Å². The maximum atomic E-state index is 13.1. The molecule has 14 heteroatoms. The molecule has 0 bridgehead atoms. The molecule has 32 heavy (non-hydrogen) atoms. The first-order valence-electron chi connectivity index (χ1n) is 9.65. The first kappa shape index (κ1) is 21.5. The van der Waals surface area contributed by atoms with Crippen LogP contribution >= 0.6 is 0 Å². The predicted molar refractivity (Wildman–Crippen MR) is 104 cm³/mol. The SMILES string of the molecule is COC(=O)c1cc(NC(=O)C2CCN(c3ccc4nnc(C(F)(F)F)n4n3)CC2)nn1C. The van der Waals surface area contributed by atoms with Crippen molar-refractivity contribution in [1.82, 2.24) is 29.6 Å². The zero-order valence-electron chi connectivity index (χ0n) is 17.1. The lowest BCUT2D eigenvalue weighted by atomic mass is 9.96. The Morgan fingerprint density at radius 3 is 2.53 bits per heavy atom. The first-order valence-corrected chi connectivity index (χ1v) is 9.65. The lowest BCUT2D eigenvalue weighted by Gasteiger charge is -2.31. The standard InChI is InChI=1S/C18H19F3N8O3/c1-27-11(16(31)32-2)9-12(25-27)22-15(30)10-5-7-28(8-6-10)14-4-3-13-23-24-17(18(19,20)21)29(13)26-14/h3-4,9-10H,5-8H2,1-2H3,(H,22,25,30). The number of piperidine rings is 1. The van der Waals surface area contributed by atoms with Gasteiger partial charge in [-0.2, -0.15) is 22.8 Å². The Labute approximate surface area is 179 Å². The van der Waals surface area contributed by atoms with E-state index in [9.17, 15) is 22.8 Å². The molecular weight excluding hydrogens is 433 g/mol. The summed E-state index contributed by atoms with van der Waals surface area (Å²) in [5, 5.41) is 17.5. The summed E-state index contributed by atoms with van der Waals surface area (Å²) in [7, 11) is 2.81. The quantitative estimate of drug-likeness (QED) is 0.592. The third-order valence-electron chi connectivity index (χ3n) is 5.22. The second kappa shape index (κ2) is 8.09. The molecule has 1 amide bonds. The number of nitrogens with one attached hydrogen (secondary N) is 1. The fraction of sp³-hybridized carbons (Fsp3) is 0.444. The summed E-state index contributed by atoms with van der Waals surface area (Å²) in [6.45, 7) is 0.853. The minimum Gasteiger partial charge on any atom is -0.464 e. The summed E-state index contributed by atoms with van der Waals surface area (Å²) in [5.74, 6) is -1.75. The van der Waals surface area contributed by atoms with Crippen LogP contribution in [0.5, 0.6) is 0 Å². The number of amides is 1. The zero-order valence-corrected chi connectivity index (χ0v) is 17.1. The number of alkyl halides is 3. The Morgan fingerprint density at radius 1 is 1.16 bits per heavy atom. The highest BCUT2D eigenvalue weighted by atomic mass is 19.4. The van der Waals surface area contributed by atoms with Crippen molar-refractivity contribution in [1.29, 1.82) is 0 Å². The highest BCUT2D eigenvalue weighted by Crippen LogP contribution is 2.29. The van der Waals surface area contributed by atoms with Crippen LogP contribution in [0.3, 0.4) is 0 Å². The van der Waals surface area contributed by atoms with Crippen LogP contribution in [0.1, 0.15) is 29.2 Å². The number of nitrogens with zero attached hydrogens (tertiary/aromatic N) is 7. The number of rotatable bonds is 4. The molecule has 0 unspecified atom stereocenters. The van der Waals surface area contributed by atoms with Crippen molar-refractivity contribution in [2.45, 2.75) is 19.0 Å². The second-order valence-corrected chi connectivity index (χ2v) is 7.26. The smallest absolute Gasteiger partial charge is 0.453 e. The van der Waals surface area contributed by atoms with E-state index in [0.717, 1.165) is 0 Å².